The summed E-state index contributed by atoms with van der Waals surface area (Å²) in [6.45, 7) is 4.95. The van der Waals surface area contributed by atoms with Crippen molar-refractivity contribution in [2.75, 3.05) is 38.2 Å². The predicted octanol–water partition coefficient (Wildman–Crippen LogP) is 3.97. The summed E-state index contributed by atoms with van der Waals surface area (Å²) in [6.07, 6.45) is 4.33. The molecule has 1 aliphatic rings. The molecular weight excluding hydrogens is 410 g/mol. The minimum absolute atomic E-state index is 0.567. The summed E-state index contributed by atoms with van der Waals surface area (Å²) < 4.78 is 8.84. The minimum Gasteiger partial charge on any atom is -0.379 e. The molecule has 4 aromatic rings. The summed E-state index contributed by atoms with van der Waals surface area (Å²) in [4.78, 5) is 19.3. The van der Waals surface area contributed by atoms with Gasteiger partial charge in [0.1, 0.15) is 0 Å². The molecule has 2 aromatic carbocycles. The van der Waals surface area contributed by atoms with Crippen LogP contribution < -0.4 is 11.1 Å². The number of ether oxygens (including phenoxy) is 1. The number of nitrogens with two attached hydrogens (primary N) is 1. The lowest BCUT2D eigenvalue weighted by molar-refractivity contribution is 0.0375. The fourth-order valence-electron chi connectivity index (χ4n) is 4.04. The van der Waals surface area contributed by atoms with Gasteiger partial charge >= 0.3 is 6.03 Å². The van der Waals surface area contributed by atoms with Crippen molar-refractivity contribution in [1.29, 1.82) is 0 Å². The lowest BCUT2D eigenvalue weighted by atomic mass is 10.1. The Hall–Kier alpha value is -2.94. The molecule has 0 saturated carbocycles. The number of hydrogen-bond donors (Lipinski definition) is 2. The van der Waals surface area contributed by atoms with Crippen molar-refractivity contribution >= 4 is 38.2 Å². The smallest absolute Gasteiger partial charge is 0.316 e. The van der Waals surface area contributed by atoms with E-state index < -0.39 is 6.03 Å². The fraction of sp³-hybridized carbons (Fsp3) is 0.304. The maximum absolute atomic E-state index is 11.0. The standard InChI is InChI=1S/C23H25N5O2S/c24-22(29)25-18-6-4-17(5-7-18)19-15-28-20-8-3-16(14-21(20)31-23(28)26-19)2-1-9-27-10-12-30-13-11-27/h3-8,14-15H,1-2,9-13H2,(H3,24,25,29). The van der Waals surface area contributed by atoms with Crippen LogP contribution >= 0.6 is 11.3 Å². The summed E-state index contributed by atoms with van der Waals surface area (Å²) >= 11 is 1.72. The van der Waals surface area contributed by atoms with Gasteiger partial charge in [0.2, 0.25) is 0 Å². The number of anilines is 1. The average Bonchev–Trinajstić information content (AvgIpc) is 3.32. The molecule has 8 heteroatoms. The highest BCUT2D eigenvalue weighted by Crippen LogP contribution is 2.30. The van der Waals surface area contributed by atoms with E-state index in [4.69, 9.17) is 15.5 Å². The zero-order chi connectivity index (χ0) is 21.2. The van der Waals surface area contributed by atoms with Gasteiger partial charge in [-0.2, -0.15) is 0 Å². The van der Waals surface area contributed by atoms with Gasteiger partial charge in [0, 0.05) is 30.5 Å². The molecule has 0 aliphatic carbocycles. The maximum Gasteiger partial charge on any atom is 0.316 e. The number of morpholine rings is 1. The van der Waals surface area contributed by atoms with Crippen molar-refractivity contribution in [2.45, 2.75) is 12.8 Å². The summed E-state index contributed by atoms with van der Waals surface area (Å²) in [5.74, 6) is 0. The average molecular weight is 436 g/mol. The number of imidazole rings is 1. The van der Waals surface area contributed by atoms with E-state index in [0.29, 0.717) is 5.69 Å². The van der Waals surface area contributed by atoms with Gasteiger partial charge in [-0.3, -0.25) is 9.30 Å². The molecule has 3 heterocycles. The highest BCUT2D eigenvalue weighted by atomic mass is 32.1. The number of carbonyl (C=O) groups excluding carboxylic acids is 1. The Labute approximate surface area is 184 Å². The number of benzene rings is 2. The number of fused-ring (bicyclic) bond motifs is 3. The second-order valence-electron chi connectivity index (χ2n) is 7.81. The van der Waals surface area contributed by atoms with Crippen LogP contribution in [-0.4, -0.2) is 53.2 Å². The topological polar surface area (TPSA) is 84.9 Å². The molecule has 0 spiro atoms. The van der Waals surface area contributed by atoms with Gasteiger partial charge in [0.15, 0.2) is 4.96 Å². The van der Waals surface area contributed by atoms with Crippen LogP contribution in [0, 0.1) is 0 Å². The van der Waals surface area contributed by atoms with Crippen molar-refractivity contribution in [2.24, 2.45) is 5.73 Å². The van der Waals surface area contributed by atoms with Crippen LogP contribution in [0.25, 0.3) is 26.4 Å². The third-order valence-electron chi connectivity index (χ3n) is 5.65. The number of rotatable bonds is 6. The molecule has 0 radical (unpaired) electrons. The number of aryl methyl sites for hydroxylation is 1. The molecule has 1 aliphatic heterocycles. The first kappa shape index (κ1) is 20.0. The molecule has 0 bridgehead atoms. The number of thiazole rings is 1. The van der Waals surface area contributed by atoms with Crippen molar-refractivity contribution < 1.29 is 9.53 Å². The molecule has 5 rings (SSSR count). The second kappa shape index (κ2) is 8.66. The Balaban J connectivity index is 1.30. The van der Waals surface area contributed by atoms with E-state index in [0.717, 1.165) is 55.5 Å². The number of nitrogens with one attached hydrogen (secondary N) is 1. The number of aromatic nitrogens is 2. The van der Waals surface area contributed by atoms with Gasteiger partial charge < -0.3 is 15.8 Å². The zero-order valence-electron chi connectivity index (χ0n) is 17.2. The molecule has 2 amide bonds. The largest absolute Gasteiger partial charge is 0.379 e. The van der Waals surface area contributed by atoms with Crippen molar-refractivity contribution in [1.82, 2.24) is 14.3 Å². The van der Waals surface area contributed by atoms with Crippen LogP contribution in [0.3, 0.4) is 0 Å². The molecule has 2 aromatic heterocycles. The third kappa shape index (κ3) is 4.41. The van der Waals surface area contributed by atoms with E-state index in [1.807, 2.05) is 24.3 Å². The number of amides is 2. The van der Waals surface area contributed by atoms with Crippen LogP contribution in [0.4, 0.5) is 10.5 Å². The summed E-state index contributed by atoms with van der Waals surface area (Å²) in [6, 6.07) is 13.7. The molecule has 31 heavy (non-hydrogen) atoms. The molecule has 3 N–H and O–H groups in total. The first-order chi connectivity index (χ1) is 15.2. The molecule has 0 atom stereocenters. The molecule has 1 saturated heterocycles. The number of nitrogens with zero attached hydrogens (tertiary/aromatic N) is 3. The van der Waals surface area contributed by atoms with E-state index in [2.05, 4.69) is 39.0 Å². The first-order valence-corrected chi connectivity index (χ1v) is 11.3. The van der Waals surface area contributed by atoms with Crippen LogP contribution in [0.1, 0.15) is 12.0 Å². The number of hydrogen-bond acceptors (Lipinski definition) is 5. The zero-order valence-corrected chi connectivity index (χ0v) is 18.0. The minimum atomic E-state index is -0.567. The van der Waals surface area contributed by atoms with Crippen molar-refractivity contribution in [3.8, 4) is 11.3 Å². The quantitative estimate of drug-likeness (QED) is 0.480. The van der Waals surface area contributed by atoms with E-state index >= 15 is 0 Å². The lowest BCUT2D eigenvalue weighted by Crippen LogP contribution is -2.36. The Bertz CT molecular complexity index is 1210. The van der Waals surface area contributed by atoms with Crippen LogP contribution in [0.2, 0.25) is 0 Å². The summed E-state index contributed by atoms with van der Waals surface area (Å²) in [5, 5.41) is 2.57. The normalized spacial score (nSPS) is 15.0. The van der Waals surface area contributed by atoms with Gasteiger partial charge in [-0.05, 0) is 49.2 Å². The maximum atomic E-state index is 11.0. The Morgan fingerprint density at radius 2 is 1.97 bits per heavy atom. The molecule has 1 fully saturated rings. The lowest BCUT2D eigenvalue weighted by Gasteiger charge is -2.26. The van der Waals surface area contributed by atoms with E-state index in [1.54, 1.807) is 11.3 Å². The molecular formula is C23H25N5O2S. The first-order valence-electron chi connectivity index (χ1n) is 10.5. The van der Waals surface area contributed by atoms with Crippen molar-refractivity contribution in [3.05, 3.63) is 54.2 Å². The van der Waals surface area contributed by atoms with Crippen LogP contribution in [0.15, 0.2) is 48.7 Å². The van der Waals surface area contributed by atoms with Gasteiger partial charge in [-0.15, -0.1) is 0 Å². The third-order valence-corrected chi connectivity index (χ3v) is 6.67. The van der Waals surface area contributed by atoms with Crippen LogP contribution in [-0.2, 0) is 11.2 Å². The highest BCUT2D eigenvalue weighted by Gasteiger charge is 2.12. The van der Waals surface area contributed by atoms with E-state index in [-0.39, 0.29) is 0 Å². The Morgan fingerprint density at radius 1 is 1.16 bits per heavy atom. The number of urea groups is 1. The Morgan fingerprint density at radius 3 is 2.74 bits per heavy atom. The molecule has 160 valence electrons. The molecule has 7 nitrogen and oxygen atoms in total. The molecule has 0 unspecified atom stereocenters. The van der Waals surface area contributed by atoms with Gasteiger partial charge in [-0.1, -0.05) is 29.5 Å². The van der Waals surface area contributed by atoms with Gasteiger partial charge in [0.25, 0.3) is 0 Å². The Kier molecular flexibility index (Phi) is 5.59. The van der Waals surface area contributed by atoms with E-state index in [9.17, 15) is 4.79 Å². The number of primary amides is 1. The van der Waals surface area contributed by atoms with E-state index in [1.165, 1.54) is 22.2 Å². The fourth-order valence-corrected chi connectivity index (χ4v) is 5.11. The van der Waals surface area contributed by atoms with Crippen molar-refractivity contribution in [3.63, 3.8) is 0 Å². The van der Waals surface area contributed by atoms with Gasteiger partial charge in [0.05, 0.1) is 29.1 Å². The number of carbonyl (C=O) groups is 1. The van der Waals surface area contributed by atoms with Gasteiger partial charge in [-0.25, -0.2) is 9.78 Å². The summed E-state index contributed by atoms with van der Waals surface area (Å²) in [5.41, 5.74) is 10.3. The monoisotopic (exact) mass is 435 g/mol. The predicted molar refractivity (Wildman–Crippen MR) is 125 cm³/mol. The second-order valence-corrected chi connectivity index (χ2v) is 8.82. The SMILES string of the molecule is NC(=O)Nc1ccc(-c2cn3c(n2)sc2cc(CCCN4CCOCC4)ccc23)cc1. The highest BCUT2D eigenvalue weighted by molar-refractivity contribution is 7.23. The summed E-state index contributed by atoms with van der Waals surface area (Å²) in [7, 11) is 0. The van der Waals surface area contributed by atoms with Crippen LogP contribution in [0.5, 0.6) is 0 Å².